The van der Waals surface area contributed by atoms with E-state index in [2.05, 4.69) is 14.6 Å². The van der Waals surface area contributed by atoms with E-state index in [1.807, 2.05) is 13.8 Å². The molecule has 0 unspecified atom stereocenters. The molecule has 0 saturated carbocycles. The average molecular weight is 131 g/mol. The monoisotopic (exact) mass is 131 g/mol. The van der Waals surface area contributed by atoms with Crippen LogP contribution in [0.15, 0.2) is 0 Å². The Hall–Kier alpha value is 0.354. The Bertz CT molecular complexity index is 39.9. The van der Waals surface area contributed by atoms with Crippen LogP contribution in [0.25, 0.3) is 0 Å². The molecule has 0 bridgehead atoms. The first-order chi connectivity index (χ1) is 3.27. The van der Waals surface area contributed by atoms with E-state index in [1.165, 1.54) is 0 Å². The second kappa shape index (κ2) is 4.51. The van der Waals surface area contributed by atoms with E-state index in [4.69, 9.17) is 4.43 Å². The van der Waals surface area contributed by atoms with E-state index in [-0.39, 0.29) is 16.1 Å². The Balaban J connectivity index is 2.68. The SMILES string of the molecule is CC(C)O[Si]O[Si]. The zero-order chi connectivity index (χ0) is 5.70. The van der Waals surface area contributed by atoms with Crippen LogP contribution in [0.1, 0.15) is 13.8 Å². The van der Waals surface area contributed by atoms with Crippen molar-refractivity contribution in [2.45, 2.75) is 20.0 Å². The Morgan fingerprint density at radius 3 is 2.29 bits per heavy atom. The van der Waals surface area contributed by atoms with Gasteiger partial charge >= 0.3 is 10.0 Å². The predicted molar refractivity (Wildman–Crippen MR) is 28.8 cm³/mol. The molecule has 0 spiro atoms. The molecule has 5 radical (unpaired) electrons. The summed E-state index contributed by atoms with van der Waals surface area (Å²) in [5, 5.41) is 0. The van der Waals surface area contributed by atoms with Crippen LogP contribution in [0.5, 0.6) is 0 Å². The van der Waals surface area contributed by atoms with Crippen molar-refractivity contribution < 1.29 is 8.54 Å². The van der Waals surface area contributed by atoms with Crippen molar-refractivity contribution >= 4 is 20.5 Å². The van der Waals surface area contributed by atoms with E-state index in [9.17, 15) is 0 Å². The largest absolute Gasteiger partial charge is 0.435 e. The van der Waals surface area contributed by atoms with Gasteiger partial charge in [0.05, 0.1) is 0 Å². The first kappa shape index (κ1) is 7.35. The second-order valence-electron chi connectivity index (χ2n) is 1.35. The molecule has 0 aromatic heterocycles. The normalized spacial score (nSPS) is 10.3. The highest BCUT2D eigenvalue weighted by atomic mass is 28.3. The van der Waals surface area contributed by atoms with Crippen molar-refractivity contribution in [2.75, 3.05) is 0 Å². The summed E-state index contributed by atoms with van der Waals surface area (Å²) >= 11 is 0. The molecule has 0 aliphatic rings. The van der Waals surface area contributed by atoms with E-state index >= 15 is 0 Å². The highest BCUT2D eigenvalue weighted by Crippen LogP contribution is 1.82. The highest BCUT2D eigenvalue weighted by molar-refractivity contribution is 6.27. The quantitative estimate of drug-likeness (QED) is 0.504. The predicted octanol–water partition coefficient (Wildman–Crippen LogP) is 0.0457. The van der Waals surface area contributed by atoms with E-state index in [0.717, 1.165) is 0 Å². The summed E-state index contributed by atoms with van der Waals surface area (Å²) < 4.78 is 9.41. The van der Waals surface area contributed by atoms with E-state index < -0.39 is 0 Å². The molecule has 0 amide bonds. The fourth-order valence-electron chi connectivity index (χ4n) is 0.120. The number of hydrogen-bond donors (Lipinski definition) is 0. The fourth-order valence-corrected chi connectivity index (χ4v) is 0.505. The maximum absolute atomic E-state index is 4.95. The first-order valence-electron chi connectivity index (χ1n) is 2.00. The summed E-state index contributed by atoms with van der Waals surface area (Å²) in [6.07, 6.45) is 0.259. The third-order valence-electron chi connectivity index (χ3n) is 0.325. The third kappa shape index (κ3) is 6.35. The van der Waals surface area contributed by atoms with Gasteiger partial charge in [-0.1, -0.05) is 0 Å². The average Bonchev–Trinajstić information content (AvgIpc) is 1.61. The van der Waals surface area contributed by atoms with Gasteiger partial charge in [0.15, 0.2) is 0 Å². The van der Waals surface area contributed by atoms with Crippen LogP contribution in [0.4, 0.5) is 0 Å². The van der Waals surface area contributed by atoms with Crippen LogP contribution < -0.4 is 0 Å². The minimum atomic E-state index is 0.109. The van der Waals surface area contributed by atoms with E-state index in [1.54, 1.807) is 0 Å². The topological polar surface area (TPSA) is 18.5 Å². The number of rotatable bonds is 3. The van der Waals surface area contributed by atoms with Crippen molar-refractivity contribution in [2.24, 2.45) is 0 Å². The van der Waals surface area contributed by atoms with Gasteiger partial charge in [-0.3, -0.25) is 0 Å². The Kier molecular flexibility index (Phi) is 4.74. The van der Waals surface area contributed by atoms with Gasteiger partial charge in [0.25, 0.3) is 0 Å². The van der Waals surface area contributed by atoms with Crippen molar-refractivity contribution in [1.29, 1.82) is 0 Å². The van der Waals surface area contributed by atoms with Crippen LogP contribution in [-0.2, 0) is 8.54 Å². The molecular weight excluding hydrogens is 124 g/mol. The molecule has 0 N–H and O–H groups in total. The van der Waals surface area contributed by atoms with Gasteiger partial charge in [-0.2, -0.15) is 0 Å². The molecule has 0 aromatic rings. The molecule has 0 rings (SSSR count). The minimum absolute atomic E-state index is 0.109. The summed E-state index contributed by atoms with van der Waals surface area (Å²) in [7, 11) is 2.92. The molecular formula is C3H7O2Si2. The van der Waals surface area contributed by atoms with Gasteiger partial charge < -0.3 is 8.54 Å². The molecule has 0 saturated heterocycles. The molecule has 0 aromatic carbocycles. The Morgan fingerprint density at radius 1 is 1.57 bits per heavy atom. The summed E-state index contributed by atoms with van der Waals surface area (Å²) in [5.74, 6) is 0. The smallest absolute Gasteiger partial charge is 0.421 e. The minimum Gasteiger partial charge on any atom is -0.435 e. The Labute approximate surface area is 49.8 Å². The molecule has 0 atom stereocenters. The molecule has 0 heterocycles. The van der Waals surface area contributed by atoms with Gasteiger partial charge in [0.2, 0.25) is 10.5 Å². The van der Waals surface area contributed by atoms with Crippen molar-refractivity contribution in [3.63, 3.8) is 0 Å². The lowest BCUT2D eigenvalue weighted by Crippen LogP contribution is -2.08. The molecule has 0 aliphatic carbocycles. The third-order valence-corrected chi connectivity index (χ3v) is 1.23. The van der Waals surface area contributed by atoms with E-state index in [0.29, 0.717) is 0 Å². The molecule has 0 fully saturated rings. The van der Waals surface area contributed by atoms with Gasteiger partial charge in [-0.25, -0.2) is 0 Å². The summed E-state index contributed by atoms with van der Waals surface area (Å²) in [4.78, 5) is 0. The summed E-state index contributed by atoms with van der Waals surface area (Å²) in [6, 6.07) is 0. The molecule has 2 nitrogen and oxygen atoms in total. The zero-order valence-electron chi connectivity index (χ0n) is 4.39. The maximum Gasteiger partial charge on any atom is 0.421 e. The molecule has 0 aliphatic heterocycles. The lowest BCUT2D eigenvalue weighted by molar-refractivity contribution is 0.226. The zero-order valence-corrected chi connectivity index (χ0v) is 6.39. The fraction of sp³-hybridized carbons (Fsp3) is 1.00. The second-order valence-corrected chi connectivity index (χ2v) is 2.57. The van der Waals surface area contributed by atoms with Gasteiger partial charge in [0, 0.05) is 6.10 Å². The van der Waals surface area contributed by atoms with Crippen LogP contribution in [-0.4, -0.2) is 26.6 Å². The summed E-state index contributed by atoms with van der Waals surface area (Å²) in [6.45, 7) is 3.91. The maximum atomic E-state index is 4.95. The number of hydrogen-bond acceptors (Lipinski definition) is 2. The first-order valence-corrected chi connectivity index (χ1v) is 3.23. The molecule has 7 heavy (non-hydrogen) atoms. The van der Waals surface area contributed by atoms with Crippen LogP contribution in [0, 0.1) is 0 Å². The summed E-state index contributed by atoms with van der Waals surface area (Å²) in [5.41, 5.74) is 0. The van der Waals surface area contributed by atoms with Crippen LogP contribution >= 0.6 is 0 Å². The van der Waals surface area contributed by atoms with Crippen molar-refractivity contribution in [3.8, 4) is 0 Å². The van der Waals surface area contributed by atoms with Gasteiger partial charge in [0.1, 0.15) is 0 Å². The Morgan fingerprint density at radius 2 is 2.14 bits per heavy atom. The van der Waals surface area contributed by atoms with Crippen molar-refractivity contribution in [3.05, 3.63) is 0 Å². The molecule has 4 heteroatoms. The van der Waals surface area contributed by atoms with Gasteiger partial charge in [-0.05, 0) is 13.8 Å². The highest BCUT2D eigenvalue weighted by Gasteiger charge is 1.91. The van der Waals surface area contributed by atoms with Crippen LogP contribution in [0.2, 0.25) is 0 Å². The standard InChI is InChI=1S/C3H7O2Si2/c1-3(2)4-7-5-6/h3H,1-2H3. The van der Waals surface area contributed by atoms with Crippen molar-refractivity contribution in [1.82, 2.24) is 0 Å². The lowest BCUT2D eigenvalue weighted by Gasteiger charge is -2.01. The van der Waals surface area contributed by atoms with Crippen LogP contribution in [0.3, 0.4) is 0 Å². The molecule has 39 valence electrons. The lowest BCUT2D eigenvalue weighted by atomic mass is 10.5. The van der Waals surface area contributed by atoms with Gasteiger partial charge in [-0.15, -0.1) is 0 Å².